The molecule has 0 aliphatic carbocycles. The second-order valence-corrected chi connectivity index (χ2v) is 9.96. The molecule has 0 fully saturated rings. The van der Waals surface area contributed by atoms with Gasteiger partial charge in [-0.2, -0.15) is 0 Å². The van der Waals surface area contributed by atoms with Crippen LogP contribution in [-0.2, 0) is 25.4 Å². The van der Waals surface area contributed by atoms with Crippen LogP contribution >= 0.6 is 11.3 Å². The molecule has 0 spiro atoms. The van der Waals surface area contributed by atoms with Crippen molar-refractivity contribution < 1.29 is 16.8 Å². The molecule has 3 rings (SSSR count). The van der Waals surface area contributed by atoms with Gasteiger partial charge in [0.1, 0.15) is 0 Å². The minimum atomic E-state index is -3.65. The first kappa shape index (κ1) is 16.0. The number of rotatable bonds is 4. The molecule has 1 aromatic carbocycles. The van der Waals surface area contributed by atoms with Gasteiger partial charge in [-0.1, -0.05) is 12.1 Å². The van der Waals surface area contributed by atoms with E-state index in [-0.39, 0.29) is 15.2 Å². The molecule has 0 aliphatic rings. The molecule has 2 heterocycles. The molecule has 0 atom stereocenters. The number of fused-ring (bicyclic) bond motifs is 1. The molecule has 0 unspecified atom stereocenters. The number of thiazole rings is 1. The van der Waals surface area contributed by atoms with Gasteiger partial charge in [0, 0.05) is 24.2 Å². The van der Waals surface area contributed by atoms with Gasteiger partial charge in [0.15, 0.2) is 0 Å². The van der Waals surface area contributed by atoms with Crippen LogP contribution < -0.4 is 0 Å². The third kappa shape index (κ3) is 3.38. The van der Waals surface area contributed by atoms with Crippen molar-refractivity contribution in [1.82, 2.24) is 15.0 Å². The van der Waals surface area contributed by atoms with Crippen LogP contribution in [0, 0.1) is 0 Å². The van der Waals surface area contributed by atoms with Gasteiger partial charge in [-0.3, -0.25) is 0 Å². The molecule has 23 heavy (non-hydrogen) atoms. The Morgan fingerprint density at radius 1 is 1.04 bits per heavy atom. The molecule has 120 valence electrons. The van der Waals surface area contributed by atoms with Crippen LogP contribution in [0.4, 0.5) is 0 Å². The fourth-order valence-electron chi connectivity index (χ4n) is 1.87. The van der Waals surface area contributed by atoms with Crippen LogP contribution in [-0.4, -0.2) is 38.0 Å². The molecule has 0 amide bonds. The molecule has 0 N–H and O–H groups in total. The highest BCUT2D eigenvalue weighted by Gasteiger charge is 2.21. The Labute approximate surface area is 136 Å². The SMILES string of the molecule is CS(=O)(=O)c1ncc(CS(=O)(=O)c2nc3ccccc3s2)cn1. The average molecular weight is 369 g/mol. The third-order valence-corrected chi connectivity index (χ3v) is 6.96. The summed E-state index contributed by atoms with van der Waals surface area (Å²) in [4.78, 5) is 11.5. The maximum absolute atomic E-state index is 12.4. The van der Waals surface area contributed by atoms with Gasteiger partial charge in [-0.15, -0.1) is 11.3 Å². The van der Waals surface area contributed by atoms with Crippen molar-refractivity contribution >= 4 is 41.2 Å². The van der Waals surface area contributed by atoms with E-state index in [1.165, 1.54) is 12.4 Å². The van der Waals surface area contributed by atoms with E-state index in [0.717, 1.165) is 22.3 Å². The first-order valence-corrected chi connectivity index (χ1v) is 10.7. The molecule has 0 radical (unpaired) electrons. The maximum atomic E-state index is 12.4. The number of hydrogen-bond acceptors (Lipinski definition) is 8. The predicted octanol–water partition coefficient (Wildman–Crippen LogP) is 1.46. The first-order valence-electron chi connectivity index (χ1n) is 6.35. The van der Waals surface area contributed by atoms with Gasteiger partial charge in [-0.05, 0) is 12.1 Å². The van der Waals surface area contributed by atoms with Crippen molar-refractivity contribution in [2.24, 2.45) is 0 Å². The lowest BCUT2D eigenvalue weighted by Gasteiger charge is -2.01. The number of benzene rings is 1. The van der Waals surface area contributed by atoms with E-state index < -0.39 is 19.7 Å². The van der Waals surface area contributed by atoms with Crippen LogP contribution in [0.5, 0.6) is 0 Å². The highest BCUT2D eigenvalue weighted by molar-refractivity contribution is 7.92. The van der Waals surface area contributed by atoms with E-state index in [1.807, 2.05) is 6.07 Å². The monoisotopic (exact) mass is 369 g/mol. The summed E-state index contributed by atoms with van der Waals surface area (Å²) in [6.07, 6.45) is 3.39. The zero-order valence-corrected chi connectivity index (χ0v) is 14.3. The Morgan fingerprint density at radius 2 is 1.70 bits per heavy atom. The first-order chi connectivity index (χ1) is 10.8. The topological polar surface area (TPSA) is 107 Å². The van der Waals surface area contributed by atoms with Crippen LogP contribution in [0.1, 0.15) is 5.56 Å². The van der Waals surface area contributed by atoms with E-state index in [0.29, 0.717) is 11.1 Å². The zero-order chi connectivity index (χ0) is 16.7. The molecule has 0 saturated carbocycles. The highest BCUT2D eigenvalue weighted by Crippen LogP contribution is 2.27. The molecular weight excluding hydrogens is 358 g/mol. The van der Waals surface area contributed by atoms with Gasteiger partial charge in [0.05, 0.1) is 16.0 Å². The molecular formula is C13H11N3O4S3. The Bertz CT molecular complexity index is 1040. The van der Waals surface area contributed by atoms with Crippen LogP contribution in [0.15, 0.2) is 46.2 Å². The zero-order valence-electron chi connectivity index (χ0n) is 11.9. The number of aromatic nitrogens is 3. The summed E-state index contributed by atoms with van der Waals surface area (Å²) < 4.78 is 48.3. The number of para-hydroxylation sites is 1. The molecule has 2 aromatic heterocycles. The second kappa shape index (κ2) is 5.62. The Morgan fingerprint density at radius 3 is 2.30 bits per heavy atom. The summed E-state index contributed by atoms with van der Waals surface area (Å²) >= 11 is 1.10. The van der Waals surface area contributed by atoms with E-state index in [2.05, 4.69) is 15.0 Å². The van der Waals surface area contributed by atoms with Gasteiger partial charge < -0.3 is 0 Å². The van der Waals surface area contributed by atoms with Crippen molar-refractivity contribution in [2.45, 2.75) is 15.2 Å². The van der Waals surface area contributed by atoms with Gasteiger partial charge in [0.25, 0.3) is 0 Å². The maximum Gasteiger partial charge on any atom is 0.246 e. The minimum absolute atomic E-state index is 0.0193. The average Bonchev–Trinajstić information content (AvgIpc) is 2.91. The van der Waals surface area contributed by atoms with E-state index in [4.69, 9.17) is 0 Å². The van der Waals surface area contributed by atoms with Gasteiger partial charge in [0.2, 0.25) is 29.2 Å². The van der Waals surface area contributed by atoms with Crippen molar-refractivity contribution in [3.8, 4) is 0 Å². The minimum Gasteiger partial charge on any atom is -0.227 e. The normalized spacial score (nSPS) is 12.6. The summed E-state index contributed by atoms with van der Waals surface area (Å²) in [6.45, 7) is 0. The van der Waals surface area contributed by atoms with E-state index in [1.54, 1.807) is 18.2 Å². The molecule has 0 aliphatic heterocycles. The standard InChI is InChI=1S/C13H11N3O4S3/c1-22(17,18)12-14-6-9(7-15-12)8-23(19,20)13-16-10-4-2-3-5-11(10)21-13/h2-7H,8H2,1H3. The van der Waals surface area contributed by atoms with Gasteiger partial charge in [-0.25, -0.2) is 31.8 Å². The molecule has 10 heteroatoms. The third-order valence-electron chi connectivity index (χ3n) is 2.91. The highest BCUT2D eigenvalue weighted by atomic mass is 32.2. The lowest BCUT2D eigenvalue weighted by Crippen LogP contribution is -2.08. The molecule has 3 aromatic rings. The van der Waals surface area contributed by atoms with Crippen molar-refractivity contribution in [3.05, 3.63) is 42.2 Å². The van der Waals surface area contributed by atoms with Crippen LogP contribution in [0.3, 0.4) is 0 Å². The Kier molecular flexibility index (Phi) is 3.90. The van der Waals surface area contributed by atoms with Crippen LogP contribution in [0.2, 0.25) is 0 Å². The fourth-order valence-corrected chi connectivity index (χ4v) is 4.96. The molecule has 0 bridgehead atoms. The van der Waals surface area contributed by atoms with Crippen LogP contribution in [0.25, 0.3) is 10.2 Å². The summed E-state index contributed by atoms with van der Waals surface area (Å²) in [6, 6.07) is 7.15. The second-order valence-electron chi connectivity index (χ2n) is 4.85. The molecule has 7 nitrogen and oxygen atoms in total. The number of nitrogens with zero attached hydrogens (tertiary/aromatic N) is 3. The van der Waals surface area contributed by atoms with E-state index in [9.17, 15) is 16.8 Å². The molecule has 0 saturated heterocycles. The Hall–Kier alpha value is -1.91. The largest absolute Gasteiger partial charge is 0.246 e. The summed E-state index contributed by atoms with van der Waals surface area (Å²) in [5.41, 5.74) is 0.927. The fraction of sp³-hybridized carbons (Fsp3) is 0.154. The Balaban J connectivity index is 1.91. The quantitative estimate of drug-likeness (QED) is 0.641. The predicted molar refractivity (Wildman–Crippen MR) is 85.7 cm³/mol. The van der Waals surface area contributed by atoms with E-state index >= 15 is 0 Å². The summed E-state index contributed by atoms with van der Waals surface area (Å²) in [7, 11) is -7.16. The van der Waals surface area contributed by atoms with Crippen molar-refractivity contribution in [1.29, 1.82) is 0 Å². The summed E-state index contributed by atoms with van der Waals surface area (Å²) in [5, 5.41) is -0.335. The number of hydrogen-bond donors (Lipinski definition) is 0. The van der Waals surface area contributed by atoms with Crippen molar-refractivity contribution in [2.75, 3.05) is 6.26 Å². The lowest BCUT2D eigenvalue weighted by molar-refractivity contribution is 0.592. The smallest absolute Gasteiger partial charge is 0.227 e. The lowest BCUT2D eigenvalue weighted by atomic mass is 10.3. The van der Waals surface area contributed by atoms with Gasteiger partial charge >= 0.3 is 0 Å². The number of sulfone groups is 2. The summed E-state index contributed by atoms with van der Waals surface area (Å²) in [5.74, 6) is -0.336. The van der Waals surface area contributed by atoms with Crippen molar-refractivity contribution in [3.63, 3.8) is 0 Å².